The SMILES string of the molecule is Oc1ccccc1-c1nc2ccc([Si](c3ccccc3)(c3ccccc3)c3ccccc3)cc2o1. The standard InChI is InChI=1S/C31H23NO2Si/c33-29-19-11-10-18-27(29)31-32-28-21-20-26(22-30(28)34-31)35(23-12-4-1-5-13-23,24-14-6-2-7-15-24)25-16-8-3-9-17-25/h1-22,33H. The molecule has 0 aliphatic heterocycles. The van der Waals surface area contributed by atoms with Gasteiger partial charge in [0.25, 0.3) is 0 Å². The van der Waals surface area contributed by atoms with Gasteiger partial charge in [0.15, 0.2) is 13.7 Å². The van der Waals surface area contributed by atoms with Crippen molar-refractivity contribution < 1.29 is 9.52 Å². The van der Waals surface area contributed by atoms with Gasteiger partial charge in [-0.15, -0.1) is 0 Å². The minimum atomic E-state index is -2.64. The Bertz CT molecular complexity index is 1500. The van der Waals surface area contributed by atoms with E-state index in [1.165, 1.54) is 20.7 Å². The van der Waals surface area contributed by atoms with Crippen molar-refractivity contribution in [1.82, 2.24) is 4.98 Å². The van der Waals surface area contributed by atoms with E-state index in [1.807, 2.05) is 18.2 Å². The molecule has 1 aromatic heterocycles. The zero-order valence-electron chi connectivity index (χ0n) is 19.0. The number of rotatable bonds is 5. The molecule has 35 heavy (non-hydrogen) atoms. The van der Waals surface area contributed by atoms with Crippen molar-refractivity contribution in [1.29, 1.82) is 0 Å². The molecular weight excluding hydrogens is 446 g/mol. The zero-order valence-corrected chi connectivity index (χ0v) is 20.0. The molecule has 0 bridgehead atoms. The third kappa shape index (κ3) is 3.55. The Hall–Kier alpha value is -4.41. The van der Waals surface area contributed by atoms with Crippen molar-refractivity contribution in [2.24, 2.45) is 0 Å². The Labute approximate surface area is 205 Å². The van der Waals surface area contributed by atoms with Crippen molar-refractivity contribution in [2.75, 3.05) is 0 Å². The Morgan fingerprint density at radius 1 is 0.543 bits per heavy atom. The summed E-state index contributed by atoms with van der Waals surface area (Å²) in [6.45, 7) is 0. The molecule has 5 aromatic carbocycles. The van der Waals surface area contributed by atoms with Gasteiger partial charge in [-0.2, -0.15) is 0 Å². The number of aromatic nitrogens is 1. The average Bonchev–Trinajstić information content (AvgIpc) is 3.35. The molecule has 3 nitrogen and oxygen atoms in total. The Balaban J connectivity index is 1.64. The largest absolute Gasteiger partial charge is 0.507 e. The van der Waals surface area contributed by atoms with Crippen LogP contribution in [-0.4, -0.2) is 18.2 Å². The highest BCUT2D eigenvalue weighted by Gasteiger charge is 2.41. The fourth-order valence-electron chi connectivity index (χ4n) is 4.99. The lowest BCUT2D eigenvalue weighted by Gasteiger charge is -2.34. The second kappa shape index (κ2) is 8.74. The molecule has 6 aromatic rings. The Morgan fingerprint density at radius 3 is 1.60 bits per heavy atom. The van der Waals surface area contributed by atoms with Crippen LogP contribution in [0.3, 0.4) is 0 Å². The molecule has 0 atom stereocenters. The first-order valence-electron chi connectivity index (χ1n) is 11.6. The lowest BCUT2D eigenvalue weighted by molar-refractivity contribution is 0.474. The van der Waals surface area contributed by atoms with Crippen molar-refractivity contribution in [2.45, 2.75) is 0 Å². The minimum Gasteiger partial charge on any atom is -0.507 e. The summed E-state index contributed by atoms with van der Waals surface area (Å²) >= 11 is 0. The number of aromatic hydroxyl groups is 1. The Kier molecular flexibility index (Phi) is 5.28. The van der Waals surface area contributed by atoms with Gasteiger partial charge in [0.1, 0.15) is 11.3 Å². The number of phenolic OH excluding ortho intramolecular Hbond substituents is 1. The highest BCUT2D eigenvalue weighted by Crippen LogP contribution is 2.30. The first-order chi connectivity index (χ1) is 17.3. The molecule has 6 rings (SSSR count). The summed E-state index contributed by atoms with van der Waals surface area (Å²) in [5.41, 5.74) is 2.06. The normalized spacial score (nSPS) is 11.5. The molecule has 0 fully saturated rings. The van der Waals surface area contributed by atoms with Crippen molar-refractivity contribution in [3.63, 3.8) is 0 Å². The van der Waals surface area contributed by atoms with Crippen LogP contribution in [0.25, 0.3) is 22.6 Å². The highest BCUT2D eigenvalue weighted by molar-refractivity contribution is 7.19. The van der Waals surface area contributed by atoms with Crippen LogP contribution in [0.5, 0.6) is 5.75 Å². The smallest absolute Gasteiger partial charge is 0.231 e. The third-order valence-electron chi connectivity index (χ3n) is 6.58. The monoisotopic (exact) mass is 469 g/mol. The van der Waals surface area contributed by atoms with E-state index in [-0.39, 0.29) is 5.75 Å². The van der Waals surface area contributed by atoms with Gasteiger partial charge in [-0.25, -0.2) is 4.98 Å². The van der Waals surface area contributed by atoms with Crippen molar-refractivity contribution in [3.05, 3.63) is 133 Å². The van der Waals surface area contributed by atoms with Gasteiger partial charge in [-0.05, 0) is 45.0 Å². The van der Waals surface area contributed by atoms with Gasteiger partial charge in [0.2, 0.25) is 5.89 Å². The fourth-order valence-corrected chi connectivity index (χ4v) is 9.75. The fraction of sp³-hybridized carbons (Fsp3) is 0. The zero-order chi connectivity index (χ0) is 23.7. The first-order valence-corrected chi connectivity index (χ1v) is 13.6. The van der Waals surface area contributed by atoms with Gasteiger partial charge in [0.05, 0.1) is 5.56 Å². The van der Waals surface area contributed by atoms with Crippen LogP contribution in [0, 0.1) is 0 Å². The summed E-state index contributed by atoms with van der Waals surface area (Å²) < 4.78 is 6.23. The first kappa shape index (κ1) is 21.1. The summed E-state index contributed by atoms with van der Waals surface area (Å²) in [7, 11) is -2.64. The number of fused-ring (bicyclic) bond motifs is 1. The van der Waals surface area contributed by atoms with E-state index in [9.17, 15) is 5.11 Å². The quantitative estimate of drug-likeness (QED) is 0.297. The summed E-state index contributed by atoms with van der Waals surface area (Å²) in [5, 5.41) is 15.5. The third-order valence-corrected chi connectivity index (χ3v) is 11.4. The van der Waals surface area contributed by atoms with Gasteiger partial charge in [0, 0.05) is 0 Å². The molecule has 1 N–H and O–H groups in total. The van der Waals surface area contributed by atoms with E-state index in [0.717, 1.165) is 5.52 Å². The number of oxazole rings is 1. The minimum absolute atomic E-state index is 0.154. The van der Waals surface area contributed by atoms with Crippen molar-refractivity contribution in [3.8, 4) is 17.2 Å². The second-order valence-corrected chi connectivity index (χ2v) is 12.4. The van der Waals surface area contributed by atoms with Gasteiger partial charge >= 0.3 is 0 Å². The second-order valence-electron chi connectivity index (χ2n) is 8.57. The molecule has 0 spiro atoms. The molecule has 0 amide bonds. The van der Waals surface area contributed by atoms with Gasteiger partial charge in [-0.1, -0.05) is 109 Å². The summed E-state index contributed by atoms with van der Waals surface area (Å²) in [6.07, 6.45) is 0. The maximum atomic E-state index is 10.3. The molecule has 168 valence electrons. The maximum Gasteiger partial charge on any atom is 0.231 e. The highest BCUT2D eigenvalue weighted by atomic mass is 28.3. The number of nitrogens with zero attached hydrogens (tertiary/aromatic N) is 1. The number of hydrogen-bond donors (Lipinski definition) is 1. The molecule has 0 aliphatic rings. The molecule has 0 saturated carbocycles. The van der Waals surface area contributed by atoms with Gasteiger partial charge in [-0.3, -0.25) is 0 Å². The molecule has 0 saturated heterocycles. The molecular formula is C31H23NO2Si. The molecule has 1 heterocycles. The predicted molar refractivity (Wildman–Crippen MR) is 145 cm³/mol. The van der Waals surface area contributed by atoms with Crippen LogP contribution < -0.4 is 20.7 Å². The van der Waals surface area contributed by atoms with E-state index in [2.05, 4.69) is 108 Å². The van der Waals surface area contributed by atoms with Crippen LogP contribution in [0.2, 0.25) is 0 Å². The number of hydrogen-bond acceptors (Lipinski definition) is 3. The van der Waals surface area contributed by atoms with Crippen LogP contribution in [-0.2, 0) is 0 Å². The van der Waals surface area contributed by atoms with E-state index >= 15 is 0 Å². The number of para-hydroxylation sites is 1. The van der Waals surface area contributed by atoms with Gasteiger partial charge < -0.3 is 9.52 Å². The van der Waals surface area contributed by atoms with E-state index in [1.54, 1.807) is 12.1 Å². The topological polar surface area (TPSA) is 46.3 Å². The van der Waals surface area contributed by atoms with Crippen LogP contribution >= 0.6 is 0 Å². The predicted octanol–water partition coefficient (Wildman–Crippen LogP) is 4.58. The summed E-state index contributed by atoms with van der Waals surface area (Å²) in [5.74, 6) is 0.572. The summed E-state index contributed by atoms with van der Waals surface area (Å²) in [6, 6.07) is 45.8. The molecule has 4 heteroatoms. The van der Waals surface area contributed by atoms with E-state index in [4.69, 9.17) is 4.42 Å². The average molecular weight is 470 g/mol. The molecule has 0 unspecified atom stereocenters. The maximum absolute atomic E-state index is 10.3. The van der Waals surface area contributed by atoms with E-state index in [0.29, 0.717) is 17.0 Å². The van der Waals surface area contributed by atoms with Crippen molar-refractivity contribution >= 4 is 39.9 Å². The number of phenols is 1. The van der Waals surface area contributed by atoms with Crippen LogP contribution in [0.1, 0.15) is 0 Å². The Morgan fingerprint density at radius 2 is 1.06 bits per heavy atom. The number of benzene rings is 5. The van der Waals surface area contributed by atoms with E-state index < -0.39 is 8.07 Å². The molecule has 0 aliphatic carbocycles. The summed E-state index contributed by atoms with van der Waals surface area (Å²) in [4.78, 5) is 4.67. The van der Waals surface area contributed by atoms with Crippen LogP contribution in [0.15, 0.2) is 138 Å². The lowest BCUT2D eigenvalue weighted by atomic mass is 10.2. The molecule has 0 radical (unpaired) electrons. The lowest BCUT2D eigenvalue weighted by Crippen LogP contribution is -2.74. The van der Waals surface area contributed by atoms with Crippen LogP contribution in [0.4, 0.5) is 0 Å².